The van der Waals surface area contributed by atoms with Crippen LogP contribution >= 0.6 is 0 Å². The third-order valence-corrected chi connectivity index (χ3v) is 1.91. The minimum absolute atomic E-state index is 0.173. The van der Waals surface area contributed by atoms with Crippen LogP contribution in [-0.2, 0) is 0 Å². The van der Waals surface area contributed by atoms with Gasteiger partial charge in [0.25, 0.3) is 0 Å². The average Bonchev–Trinajstić information content (AvgIpc) is 2.03. The summed E-state index contributed by atoms with van der Waals surface area (Å²) in [4.78, 5) is 6.38. The molecule has 0 radical (unpaired) electrons. The second-order valence-electron chi connectivity index (χ2n) is 3.50. The van der Waals surface area contributed by atoms with Crippen LogP contribution in [-0.4, -0.2) is 24.6 Å². The Balaban J connectivity index is 2.76. The quantitative estimate of drug-likeness (QED) is 0.757. The molecule has 1 aromatic rings. The van der Waals surface area contributed by atoms with Gasteiger partial charge in [0.05, 0.1) is 0 Å². The second kappa shape index (κ2) is 4.23. The van der Waals surface area contributed by atoms with Crippen LogP contribution in [0.5, 0.6) is 0 Å². The molecular formula is C10H17N3. The first-order chi connectivity index (χ1) is 6.11. The van der Waals surface area contributed by atoms with E-state index >= 15 is 0 Å². The van der Waals surface area contributed by atoms with Crippen molar-refractivity contribution in [3.63, 3.8) is 0 Å². The van der Waals surface area contributed by atoms with E-state index in [1.54, 1.807) is 6.20 Å². The molecule has 2 N–H and O–H groups in total. The van der Waals surface area contributed by atoms with Crippen molar-refractivity contribution in [3.05, 3.63) is 23.9 Å². The summed E-state index contributed by atoms with van der Waals surface area (Å²) in [6.07, 6.45) is 1.81. The van der Waals surface area contributed by atoms with Crippen molar-refractivity contribution in [1.82, 2.24) is 4.98 Å². The van der Waals surface area contributed by atoms with E-state index in [1.165, 1.54) is 5.56 Å². The first-order valence-electron chi connectivity index (χ1n) is 4.49. The predicted octanol–water partition coefficient (Wildman–Crippen LogP) is 1.17. The molecule has 13 heavy (non-hydrogen) atoms. The highest BCUT2D eigenvalue weighted by atomic mass is 15.2. The molecule has 0 aliphatic heterocycles. The lowest BCUT2D eigenvalue weighted by atomic mass is 10.2. The minimum Gasteiger partial charge on any atom is -0.358 e. The Morgan fingerprint density at radius 1 is 1.62 bits per heavy atom. The zero-order chi connectivity index (χ0) is 9.84. The largest absolute Gasteiger partial charge is 0.358 e. The Kier molecular flexibility index (Phi) is 3.25. The van der Waals surface area contributed by atoms with E-state index < -0.39 is 0 Å². The molecule has 1 unspecified atom stereocenters. The molecule has 72 valence electrons. The number of anilines is 1. The van der Waals surface area contributed by atoms with Gasteiger partial charge in [0.15, 0.2) is 0 Å². The maximum Gasteiger partial charge on any atom is 0.131 e. The van der Waals surface area contributed by atoms with Crippen LogP contribution in [0.2, 0.25) is 0 Å². The van der Waals surface area contributed by atoms with E-state index in [1.807, 2.05) is 20.0 Å². The SMILES string of the molecule is Cc1cccnc1N(C)CC(C)N. The van der Waals surface area contributed by atoms with Gasteiger partial charge in [-0.25, -0.2) is 4.98 Å². The van der Waals surface area contributed by atoms with Crippen LogP contribution in [0.15, 0.2) is 18.3 Å². The molecule has 0 spiro atoms. The van der Waals surface area contributed by atoms with Crippen molar-refractivity contribution in [1.29, 1.82) is 0 Å². The van der Waals surface area contributed by atoms with Gasteiger partial charge in [-0.2, -0.15) is 0 Å². The molecule has 0 amide bonds. The van der Waals surface area contributed by atoms with Gasteiger partial charge in [-0.3, -0.25) is 0 Å². The lowest BCUT2D eigenvalue weighted by Gasteiger charge is -2.21. The predicted molar refractivity (Wildman–Crippen MR) is 55.9 cm³/mol. The second-order valence-corrected chi connectivity index (χ2v) is 3.50. The normalized spacial score (nSPS) is 12.6. The molecule has 0 aliphatic carbocycles. The van der Waals surface area contributed by atoms with E-state index in [9.17, 15) is 0 Å². The number of rotatable bonds is 3. The highest BCUT2D eigenvalue weighted by Gasteiger charge is 2.06. The topological polar surface area (TPSA) is 42.2 Å². The monoisotopic (exact) mass is 179 g/mol. The maximum absolute atomic E-state index is 5.71. The molecule has 0 saturated carbocycles. The Morgan fingerprint density at radius 2 is 2.31 bits per heavy atom. The smallest absolute Gasteiger partial charge is 0.131 e. The van der Waals surface area contributed by atoms with Crippen molar-refractivity contribution >= 4 is 5.82 Å². The van der Waals surface area contributed by atoms with E-state index in [0.29, 0.717) is 0 Å². The van der Waals surface area contributed by atoms with Gasteiger partial charge in [0.2, 0.25) is 0 Å². The molecule has 0 fully saturated rings. The van der Waals surface area contributed by atoms with Gasteiger partial charge < -0.3 is 10.6 Å². The van der Waals surface area contributed by atoms with Crippen LogP contribution in [0.4, 0.5) is 5.82 Å². The van der Waals surface area contributed by atoms with E-state index in [4.69, 9.17) is 5.73 Å². The van der Waals surface area contributed by atoms with Gasteiger partial charge in [-0.15, -0.1) is 0 Å². The van der Waals surface area contributed by atoms with E-state index in [-0.39, 0.29) is 6.04 Å². The number of pyridine rings is 1. The molecule has 1 rings (SSSR count). The zero-order valence-electron chi connectivity index (χ0n) is 8.49. The summed E-state index contributed by atoms with van der Waals surface area (Å²) in [5.74, 6) is 1.01. The van der Waals surface area contributed by atoms with E-state index in [0.717, 1.165) is 12.4 Å². The van der Waals surface area contributed by atoms with Crippen LogP contribution in [0.25, 0.3) is 0 Å². The Morgan fingerprint density at radius 3 is 2.85 bits per heavy atom. The molecule has 3 heteroatoms. The first kappa shape index (κ1) is 9.99. The lowest BCUT2D eigenvalue weighted by molar-refractivity contribution is 0.710. The fourth-order valence-corrected chi connectivity index (χ4v) is 1.40. The Hall–Kier alpha value is -1.09. The summed E-state index contributed by atoms with van der Waals surface area (Å²) in [5, 5.41) is 0. The number of nitrogens with zero attached hydrogens (tertiary/aromatic N) is 2. The van der Waals surface area contributed by atoms with Crippen molar-refractivity contribution in [2.45, 2.75) is 19.9 Å². The maximum atomic E-state index is 5.71. The van der Waals surface area contributed by atoms with Crippen LogP contribution in [0.1, 0.15) is 12.5 Å². The molecule has 0 bridgehead atoms. The number of likely N-dealkylation sites (N-methyl/N-ethyl adjacent to an activating group) is 1. The fourth-order valence-electron chi connectivity index (χ4n) is 1.40. The molecule has 3 nitrogen and oxygen atoms in total. The third-order valence-electron chi connectivity index (χ3n) is 1.91. The first-order valence-corrected chi connectivity index (χ1v) is 4.49. The van der Waals surface area contributed by atoms with Crippen LogP contribution in [0, 0.1) is 6.92 Å². The molecule has 0 aliphatic rings. The molecule has 0 saturated heterocycles. The van der Waals surface area contributed by atoms with Gasteiger partial charge in [0, 0.05) is 25.8 Å². The van der Waals surface area contributed by atoms with Crippen LogP contribution < -0.4 is 10.6 Å². The summed E-state index contributed by atoms with van der Waals surface area (Å²) in [6, 6.07) is 4.17. The van der Waals surface area contributed by atoms with Gasteiger partial charge in [0.1, 0.15) is 5.82 Å². The summed E-state index contributed by atoms with van der Waals surface area (Å²) in [7, 11) is 2.01. The summed E-state index contributed by atoms with van der Waals surface area (Å²) >= 11 is 0. The number of nitrogens with two attached hydrogens (primary N) is 1. The molecule has 0 aromatic carbocycles. The van der Waals surface area contributed by atoms with Crippen molar-refractivity contribution in [2.24, 2.45) is 5.73 Å². The highest BCUT2D eigenvalue weighted by Crippen LogP contribution is 2.13. The standard InChI is InChI=1S/C10H17N3/c1-8-5-4-6-12-10(8)13(3)7-9(2)11/h4-6,9H,7,11H2,1-3H3. The molecule has 1 heterocycles. The third kappa shape index (κ3) is 2.70. The van der Waals surface area contributed by atoms with Crippen molar-refractivity contribution in [2.75, 3.05) is 18.5 Å². The van der Waals surface area contributed by atoms with Gasteiger partial charge in [-0.05, 0) is 25.5 Å². The van der Waals surface area contributed by atoms with Crippen LogP contribution in [0.3, 0.4) is 0 Å². The molecule has 1 atom stereocenters. The summed E-state index contributed by atoms with van der Waals surface area (Å²) in [6.45, 7) is 4.88. The number of aryl methyl sites for hydroxylation is 1. The van der Waals surface area contributed by atoms with Gasteiger partial charge >= 0.3 is 0 Å². The zero-order valence-corrected chi connectivity index (χ0v) is 8.49. The van der Waals surface area contributed by atoms with Crippen molar-refractivity contribution < 1.29 is 0 Å². The number of aromatic nitrogens is 1. The van der Waals surface area contributed by atoms with Gasteiger partial charge in [-0.1, -0.05) is 6.07 Å². The summed E-state index contributed by atoms with van der Waals surface area (Å²) in [5.41, 5.74) is 6.90. The molecule has 1 aromatic heterocycles. The average molecular weight is 179 g/mol. The minimum atomic E-state index is 0.173. The van der Waals surface area contributed by atoms with E-state index in [2.05, 4.69) is 22.9 Å². The lowest BCUT2D eigenvalue weighted by Crippen LogP contribution is -2.33. The summed E-state index contributed by atoms with van der Waals surface area (Å²) < 4.78 is 0. The Bertz CT molecular complexity index is 271. The number of hydrogen-bond acceptors (Lipinski definition) is 3. The number of hydrogen-bond donors (Lipinski definition) is 1. The molecular weight excluding hydrogens is 162 g/mol. The highest BCUT2D eigenvalue weighted by molar-refractivity contribution is 5.44. The Labute approximate surface area is 79.6 Å². The van der Waals surface area contributed by atoms with Crippen molar-refractivity contribution in [3.8, 4) is 0 Å². The fraction of sp³-hybridized carbons (Fsp3) is 0.500.